The van der Waals surface area contributed by atoms with Crippen molar-refractivity contribution in [2.45, 2.75) is 39.8 Å². The molecule has 0 fully saturated rings. The number of rotatable bonds is 4. The van der Waals surface area contributed by atoms with Gasteiger partial charge >= 0.3 is 13.1 Å². The maximum atomic E-state index is 12.4. The van der Waals surface area contributed by atoms with E-state index in [0.717, 1.165) is 5.56 Å². The van der Waals surface area contributed by atoms with Crippen LogP contribution in [0.1, 0.15) is 48.4 Å². The number of carbonyl (C=O) groups excluding carboxylic acids is 1. The highest BCUT2D eigenvalue weighted by molar-refractivity contribution is 6.62. The second-order valence-electron chi connectivity index (χ2n) is 5.91. The number of fused-ring (bicyclic) bond motifs is 1. The summed E-state index contributed by atoms with van der Waals surface area (Å²) in [4.78, 5) is 23.6. The first-order chi connectivity index (χ1) is 10.2. The van der Waals surface area contributed by atoms with Gasteiger partial charge in [-0.2, -0.15) is 0 Å². The van der Waals surface area contributed by atoms with Crippen molar-refractivity contribution in [1.29, 1.82) is 0 Å². The lowest BCUT2D eigenvalue weighted by Crippen LogP contribution is -2.45. The van der Waals surface area contributed by atoms with Crippen molar-refractivity contribution in [2.75, 3.05) is 0 Å². The lowest BCUT2D eigenvalue weighted by Gasteiger charge is -2.19. The van der Waals surface area contributed by atoms with Crippen LogP contribution < -0.4 is 10.8 Å². The lowest BCUT2D eigenvalue weighted by molar-refractivity contribution is -0.140. The molecular weight excluding hydrogens is 285 g/mol. The normalized spacial score (nSPS) is 18.3. The van der Waals surface area contributed by atoms with Gasteiger partial charge in [-0.1, -0.05) is 19.9 Å². The van der Waals surface area contributed by atoms with E-state index >= 15 is 0 Å². The van der Waals surface area contributed by atoms with Crippen LogP contribution in [0.5, 0.6) is 0 Å². The van der Waals surface area contributed by atoms with Crippen molar-refractivity contribution in [2.24, 2.45) is 5.92 Å². The van der Waals surface area contributed by atoms with Crippen LogP contribution >= 0.6 is 0 Å². The predicted molar refractivity (Wildman–Crippen MR) is 82.0 cm³/mol. The van der Waals surface area contributed by atoms with E-state index in [0.29, 0.717) is 16.6 Å². The van der Waals surface area contributed by atoms with Gasteiger partial charge in [0.2, 0.25) is 0 Å². The van der Waals surface area contributed by atoms with E-state index in [9.17, 15) is 14.6 Å². The number of benzene rings is 1. The SMILES string of the molecule is Cc1c(C(=O)NC(C(=O)O)C(C)C)ccc2c1B(O)OC2C. The van der Waals surface area contributed by atoms with Gasteiger partial charge in [-0.15, -0.1) is 0 Å². The summed E-state index contributed by atoms with van der Waals surface area (Å²) in [7, 11) is -1.06. The zero-order valence-corrected chi connectivity index (χ0v) is 13.1. The van der Waals surface area contributed by atoms with Crippen molar-refractivity contribution in [1.82, 2.24) is 5.32 Å². The molecule has 1 heterocycles. The molecule has 0 aromatic heterocycles. The van der Waals surface area contributed by atoms with E-state index in [1.165, 1.54) is 0 Å². The van der Waals surface area contributed by atoms with Gasteiger partial charge in [0.25, 0.3) is 5.91 Å². The first-order valence-electron chi connectivity index (χ1n) is 7.24. The minimum absolute atomic E-state index is 0.231. The molecule has 1 aromatic rings. The van der Waals surface area contributed by atoms with Gasteiger partial charge in [-0.25, -0.2) is 4.79 Å². The Bertz CT molecular complexity index is 616. The highest BCUT2D eigenvalue weighted by Gasteiger charge is 2.36. The van der Waals surface area contributed by atoms with Crippen molar-refractivity contribution >= 4 is 24.5 Å². The van der Waals surface area contributed by atoms with Crippen LogP contribution in [0.25, 0.3) is 0 Å². The number of amides is 1. The van der Waals surface area contributed by atoms with Gasteiger partial charge in [0.1, 0.15) is 6.04 Å². The Balaban J connectivity index is 2.32. The van der Waals surface area contributed by atoms with Crippen LogP contribution in [0.2, 0.25) is 0 Å². The molecule has 6 nitrogen and oxygen atoms in total. The second kappa shape index (κ2) is 6.10. The molecule has 0 spiro atoms. The molecule has 2 atom stereocenters. The fraction of sp³-hybridized carbons (Fsp3) is 0.467. The summed E-state index contributed by atoms with van der Waals surface area (Å²) >= 11 is 0. The molecule has 1 aromatic carbocycles. The molecule has 1 aliphatic rings. The van der Waals surface area contributed by atoms with Crippen LogP contribution in [-0.2, 0) is 9.45 Å². The largest absolute Gasteiger partial charge is 0.492 e. The number of carbonyl (C=O) groups is 2. The molecule has 7 heteroatoms. The third-order valence-electron chi connectivity index (χ3n) is 4.03. The van der Waals surface area contributed by atoms with E-state index in [1.54, 1.807) is 32.9 Å². The van der Waals surface area contributed by atoms with Crippen LogP contribution in [-0.4, -0.2) is 35.2 Å². The molecule has 2 rings (SSSR count). The highest BCUT2D eigenvalue weighted by atomic mass is 16.5. The van der Waals surface area contributed by atoms with Crippen molar-refractivity contribution in [3.8, 4) is 0 Å². The zero-order valence-electron chi connectivity index (χ0n) is 13.1. The van der Waals surface area contributed by atoms with Crippen LogP contribution in [0.15, 0.2) is 12.1 Å². The summed E-state index contributed by atoms with van der Waals surface area (Å²) in [6, 6.07) is 2.42. The zero-order chi connectivity index (χ0) is 16.6. The Morgan fingerprint density at radius 2 is 2.00 bits per heavy atom. The summed E-state index contributed by atoms with van der Waals surface area (Å²) in [6.45, 7) is 7.01. The molecule has 118 valence electrons. The van der Waals surface area contributed by atoms with Crippen LogP contribution in [0, 0.1) is 12.8 Å². The lowest BCUT2D eigenvalue weighted by atomic mass is 9.75. The van der Waals surface area contributed by atoms with E-state index in [-0.39, 0.29) is 12.0 Å². The number of hydrogen-bond acceptors (Lipinski definition) is 4. The van der Waals surface area contributed by atoms with Crippen molar-refractivity contribution in [3.63, 3.8) is 0 Å². The van der Waals surface area contributed by atoms with Gasteiger partial charge in [0.05, 0.1) is 6.10 Å². The molecule has 0 aliphatic carbocycles. The standard InChI is InChI=1S/C15H20BNO5/c1-7(2)13(15(19)20)17-14(18)10-5-6-11-9(4)22-16(21)12(11)8(10)3/h5-7,9,13,21H,1-4H3,(H,17,18)(H,19,20). The number of carboxylic acid groups (broad SMARTS) is 1. The third-order valence-corrected chi connectivity index (χ3v) is 4.03. The summed E-state index contributed by atoms with van der Waals surface area (Å²) in [5, 5.41) is 21.6. The predicted octanol–water partition coefficient (Wildman–Crippen LogP) is 0.613. The first-order valence-corrected chi connectivity index (χ1v) is 7.24. The Hall–Kier alpha value is -1.86. The maximum absolute atomic E-state index is 12.4. The Morgan fingerprint density at radius 1 is 1.36 bits per heavy atom. The summed E-state index contributed by atoms with van der Waals surface area (Å²) in [5.74, 6) is -1.77. The Kier molecular flexibility index (Phi) is 4.58. The third kappa shape index (κ3) is 2.87. The van der Waals surface area contributed by atoms with E-state index in [4.69, 9.17) is 9.76 Å². The first kappa shape index (κ1) is 16.5. The minimum atomic E-state index is -1.07. The van der Waals surface area contributed by atoms with E-state index < -0.39 is 25.0 Å². The molecule has 2 unspecified atom stereocenters. The molecular formula is C15H20BNO5. The number of carboxylic acids is 1. The number of nitrogens with one attached hydrogen (secondary N) is 1. The summed E-state index contributed by atoms with van der Waals surface area (Å²) < 4.78 is 5.33. The average Bonchev–Trinajstić information content (AvgIpc) is 2.71. The van der Waals surface area contributed by atoms with Crippen LogP contribution in [0.4, 0.5) is 0 Å². The second-order valence-corrected chi connectivity index (χ2v) is 5.91. The Morgan fingerprint density at radius 3 is 2.55 bits per heavy atom. The van der Waals surface area contributed by atoms with Crippen molar-refractivity contribution in [3.05, 3.63) is 28.8 Å². The van der Waals surface area contributed by atoms with Gasteiger partial charge in [0.15, 0.2) is 0 Å². The van der Waals surface area contributed by atoms with E-state index in [1.807, 2.05) is 6.92 Å². The molecule has 1 amide bonds. The highest BCUT2D eigenvalue weighted by Crippen LogP contribution is 2.25. The summed E-state index contributed by atoms with van der Waals surface area (Å²) in [5.41, 5.74) is 2.40. The average molecular weight is 305 g/mol. The Labute approximate surface area is 129 Å². The van der Waals surface area contributed by atoms with Gasteiger partial charge in [-0.05, 0) is 42.4 Å². The minimum Gasteiger partial charge on any atom is -0.480 e. The summed E-state index contributed by atoms with van der Waals surface area (Å²) in [6.07, 6.45) is -0.233. The maximum Gasteiger partial charge on any atom is 0.492 e. The fourth-order valence-corrected chi connectivity index (χ4v) is 2.74. The van der Waals surface area contributed by atoms with E-state index in [2.05, 4.69) is 5.32 Å². The quantitative estimate of drug-likeness (QED) is 0.708. The van der Waals surface area contributed by atoms with Gasteiger partial charge in [0, 0.05) is 5.56 Å². The van der Waals surface area contributed by atoms with Crippen LogP contribution in [0.3, 0.4) is 0 Å². The number of hydrogen-bond donors (Lipinski definition) is 3. The molecule has 0 radical (unpaired) electrons. The molecule has 1 aliphatic heterocycles. The molecule has 3 N–H and O–H groups in total. The van der Waals surface area contributed by atoms with Crippen molar-refractivity contribution < 1.29 is 24.4 Å². The monoisotopic (exact) mass is 305 g/mol. The topological polar surface area (TPSA) is 95.9 Å². The number of aliphatic carboxylic acids is 1. The van der Waals surface area contributed by atoms with Gasteiger partial charge < -0.3 is 20.1 Å². The molecule has 22 heavy (non-hydrogen) atoms. The molecule has 0 saturated heterocycles. The molecule has 0 bridgehead atoms. The smallest absolute Gasteiger partial charge is 0.480 e. The molecule has 0 saturated carbocycles. The fourth-order valence-electron chi connectivity index (χ4n) is 2.74. The van der Waals surface area contributed by atoms with Gasteiger partial charge in [-0.3, -0.25) is 4.79 Å².